The average molecular weight is 365 g/mol. The molecule has 1 N–H and O–H groups in total. The van der Waals surface area contributed by atoms with Crippen LogP contribution in [0.3, 0.4) is 0 Å². The second-order valence-electron chi connectivity index (χ2n) is 5.96. The van der Waals surface area contributed by atoms with Crippen LogP contribution in [0.15, 0.2) is 10.8 Å². The maximum absolute atomic E-state index is 12.7. The van der Waals surface area contributed by atoms with Gasteiger partial charge in [0.05, 0.1) is 5.56 Å². The molecule has 1 fully saturated rings. The Labute approximate surface area is 148 Å². The number of hydrogen-bond acceptors (Lipinski definition) is 7. The van der Waals surface area contributed by atoms with Crippen molar-refractivity contribution in [2.24, 2.45) is 0 Å². The summed E-state index contributed by atoms with van der Waals surface area (Å²) in [5.74, 6) is -1.22. The standard InChI is InChI=1S/C16H19N3O5S/c1-17-24-14(21)3-2-6-18-13(20)5-4-12(16(18)23)19-7-10-8-25-9-11(10)15(19)22/h8-9,12,17H,2-7H2,1H3. The molecule has 9 heteroatoms. The van der Waals surface area contributed by atoms with Crippen LogP contribution in [0.25, 0.3) is 0 Å². The number of likely N-dealkylation sites (tertiary alicyclic amines) is 1. The predicted octanol–water partition coefficient (Wildman–Crippen LogP) is 0.679. The SMILES string of the molecule is CNOC(=O)CCCN1C(=O)CCC(N2Cc3cscc3C2=O)C1=O. The Balaban J connectivity index is 1.63. The van der Waals surface area contributed by atoms with Gasteiger partial charge in [0.25, 0.3) is 11.8 Å². The van der Waals surface area contributed by atoms with Crippen LogP contribution in [0.5, 0.6) is 0 Å². The Morgan fingerprint density at radius 1 is 1.36 bits per heavy atom. The van der Waals surface area contributed by atoms with E-state index in [-0.39, 0.29) is 37.1 Å². The van der Waals surface area contributed by atoms with Gasteiger partial charge in [-0.1, -0.05) is 0 Å². The normalized spacial score (nSPS) is 20.2. The van der Waals surface area contributed by atoms with Crippen molar-refractivity contribution >= 4 is 35.0 Å². The molecule has 0 aromatic carbocycles. The topological polar surface area (TPSA) is 96.0 Å². The van der Waals surface area contributed by atoms with Crippen LogP contribution < -0.4 is 5.48 Å². The molecule has 1 saturated heterocycles. The molecule has 2 aliphatic rings. The quantitative estimate of drug-likeness (QED) is 0.588. The van der Waals surface area contributed by atoms with E-state index in [0.29, 0.717) is 24.9 Å². The van der Waals surface area contributed by atoms with Crippen molar-refractivity contribution in [2.45, 2.75) is 38.3 Å². The number of thiophene rings is 1. The molecule has 25 heavy (non-hydrogen) atoms. The summed E-state index contributed by atoms with van der Waals surface area (Å²) in [4.78, 5) is 55.9. The summed E-state index contributed by atoms with van der Waals surface area (Å²) < 4.78 is 0. The molecular weight excluding hydrogens is 346 g/mol. The number of nitrogens with one attached hydrogen (secondary N) is 1. The molecule has 2 aliphatic heterocycles. The number of hydrogen-bond donors (Lipinski definition) is 1. The van der Waals surface area contributed by atoms with Gasteiger partial charge >= 0.3 is 5.97 Å². The van der Waals surface area contributed by atoms with Gasteiger partial charge in [0.15, 0.2) is 0 Å². The lowest BCUT2D eigenvalue weighted by molar-refractivity contribution is -0.154. The molecule has 134 valence electrons. The molecule has 1 atom stereocenters. The summed E-state index contributed by atoms with van der Waals surface area (Å²) in [5.41, 5.74) is 3.87. The Bertz CT molecular complexity index is 716. The second kappa shape index (κ2) is 7.32. The maximum atomic E-state index is 12.7. The van der Waals surface area contributed by atoms with E-state index >= 15 is 0 Å². The van der Waals surface area contributed by atoms with Crippen LogP contribution in [-0.2, 0) is 25.8 Å². The highest BCUT2D eigenvalue weighted by Crippen LogP contribution is 2.31. The van der Waals surface area contributed by atoms with E-state index in [1.54, 1.807) is 10.3 Å². The molecule has 1 aromatic heterocycles. The smallest absolute Gasteiger partial charge is 0.324 e. The molecule has 0 saturated carbocycles. The number of fused-ring (bicyclic) bond motifs is 1. The van der Waals surface area contributed by atoms with Crippen LogP contribution in [0.4, 0.5) is 0 Å². The van der Waals surface area contributed by atoms with Crippen molar-refractivity contribution in [2.75, 3.05) is 13.6 Å². The third-order valence-electron chi connectivity index (χ3n) is 4.41. The molecule has 3 heterocycles. The van der Waals surface area contributed by atoms with Gasteiger partial charge < -0.3 is 9.74 Å². The number of piperidine rings is 1. The van der Waals surface area contributed by atoms with Crippen LogP contribution in [0, 0.1) is 0 Å². The predicted molar refractivity (Wildman–Crippen MR) is 88.3 cm³/mol. The van der Waals surface area contributed by atoms with E-state index in [1.165, 1.54) is 23.3 Å². The molecule has 1 unspecified atom stereocenters. The van der Waals surface area contributed by atoms with Crippen molar-refractivity contribution in [1.29, 1.82) is 0 Å². The fourth-order valence-electron chi connectivity index (χ4n) is 3.19. The van der Waals surface area contributed by atoms with Crippen molar-refractivity contribution in [3.05, 3.63) is 21.9 Å². The second-order valence-corrected chi connectivity index (χ2v) is 6.71. The number of nitrogens with zero attached hydrogens (tertiary/aromatic N) is 2. The first-order valence-electron chi connectivity index (χ1n) is 8.09. The van der Waals surface area contributed by atoms with Gasteiger partial charge in [0.1, 0.15) is 6.04 Å². The Kier molecular flexibility index (Phi) is 5.14. The van der Waals surface area contributed by atoms with E-state index < -0.39 is 12.0 Å². The highest BCUT2D eigenvalue weighted by molar-refractivity contribution is 7.08. The first-order chi connectivity index (χ1) is 12.0. The third kappa shape index (κ3) is 3.42. The average Bonchev–Trinajstić information content (AvgIpc) is 3.15. The summed E-state index contributed by atoms with van der Waals surface area (Å²) in [6.07, 6.45) is 0.983. The molecule has 0 spiro atoms. The van der Waals surface area contributed by atoms with Gasteiger partial charge in [-0.05, 0) is 23.8 Å². The van der Waals surface area contributed by atoms with Crippen molar-refractivity contribution < 1.29 is 24.0 Å². The fourth-order valence-corrected chi connectivity index (χ4v) is 4.01. The maximum Gasteiger partial charge on any atom is 0.324 e. The van der Waals surface area contributed by atoms with E-state index in [1.807, 2.05) is 5.38 Å². The Morgan fingerprint density at radius 3 is 2.88 bits per heavy atom. The lowest BCUT2D eigenvalue weighted by atomic mass is 10.0. The van der Waals surface area contributed by atoms with E-state index in [2.05, 4.69) is 10.3 Å². The molecule has 3 rings (SSSR count). The summed E-state index contributed by atoms with van der Waals surface area (Å²) in [5, 5.41) is 3.71. The minimum Gasteiger partial charge on any atom is -0.371 e. The summed E-state index contributed by atoms with van der Waals surface area (Å²) >= 11 is 1.47. The van der Waals surface area contributed by atoms with E-state index in [4.69, 9.17) is 0 Å². The summed E-state index contributed by atoms with van der Waals surface area (Å²) in [6.45, 7) is 0.556. The van der Waals surface area contributed by atoms with E-state index in [0.717, 1.165) is 5.56 Å². The largest absolute Gasteiger partial charge is 0.371 e. The fraction of sp³-hybridized carbons (Fsp3) is 0.500. The number of carbonyl (C=O) groups is 4. The van der Waals surface area contributed by atoms with Gasteiger partial charge in [0.2, 0.25) is 5.91 Å². The van der Waals surface area contributed by atoms with E-state index in [9.17, 15) is 19.2 Å². The van der Waals surface area contributed by atoms with Crippen molar-refractivity contribution in [3.8, 4) is 0 Å². The monoisotopic (exact) mass is 365 g/mol. The highest BCUT2D eigenvalue weighted by atomic mass is 32.1. The van der Waals surface area contributed by atoms with Crippen molar-refractivity contribution in [1.82, 2.24) is 15.3 Å². The number of rotatable bonds is 6. The first-order valence-corrected chi connectivity index (χ1v) is 9.04. The minimum absolute atomic E-state index is 0.0994. The lowest BCUT2D eigenvalue weighted by Gasteiger charge is -2.35. The van der Waals surface area contributed by atoms with Crippen LogP contribution in [-0.4, -0.2) is 53.1 Å². The zero-order chi connectivity index (χ0) is 18.0. The first kappa shape index (κ1) is 17.6. The Morgan fingerprint density at radius 2 is 2.16 bits per heavy atom. The lowest BCUT2D eigenvalue weighted by Crippen LogP contribution is -2.54. The number of imide groups is 1. The zero-order valence-electron chi connectivity index (χ0n) is 13.8. The van der Waals surface area contributed by atoms with Gasteiger partial charge in [0, 0.05) is 38.4 Å². The Hall–Kier alpha value is -2.26. The van der Waals surface area contributed by atoms with Crippen LogP contribution in [0.1, 0.15) is 41.6 Å². The van der Waals surface area contributed by atoms with Crippen molar-refractivity contribution in [3.63, 3.8) is 0 Å². The molecule has 0 bridgehead atoms. The molecule has 3 amide bonds. The zero-order valence-corrected chi connectivity index (χ0v) is 14.6. The van der Waals surface area contributed by atoms with Gasteiger partial charge in [-0.2, -0.15) is 16.8 Å². The van der Waals surface area contributed by atoms with Gasteiger partial charge in [-0.15, -0.1) is 0 Å². The summed E-state index contributed by atoms with van der Waals surface area (Å²) in [6, 6.07) is -0.619. The molecule has 8 nitrogen and oxygen atoms in total. The number of amides is 3. The highest BCUT2D eigenvalue weighted by Gasteiger charge is 2.42. The van der Waals surface area contributed by atoms with Crippen LogP contribution in [0.2, 0.25) is 0 Å². The number of carbonyl (C=O) groups excluding carboxylic acids is 4. The third-order valence-corrected chi connectivity index (χ3v) is 5.21. The number of hydroxylamine groups is 1. The molecule has 1 aromatic rings. The molecule has 0 aliphatic carbocycles. The van der Waals surface area contributed by atoms with Crippen LogP contribution >= 0.6 is 11.3 Å². The molecule has 0 radical (unpaired) electrons. The van der Waals surface area contributed by atoms with Gasteiger partial charge in [-0.3, -0.25) is 24.1 Å². The summed E-state index contributed by atoms with van der Waals surface area (Å²) in [7, 11) is 1.48. The molecular formula is C16H19N3O5S. The minimum atomic E-state index is -0.619. The van der Waals surface area contributed by atoms with Gasteiger partial charge in [-0.25, -0.2) is 0 Å².